The van der Waals surface area contributed by atoms with Crippen molar-refractivity contribution in [2.45, 2.75) is 26.4 Å². The molecule has 0 amide bonds. The monoisotopic (exact) mass is 344 g/mol. The van der Waals surface area contributed by atoms with E-state index < -0.39 is 0 Å². The van der Waals surface area contributed by atoms with Gasteiger partial charge < -0.3 is 13.4 Å². The molecule has 0 unspecified atom stereocenters. The van der Waals surface area contributed by atoms with E-state index >= 15 is 0 Å². The third-order valence-electron chi connectivity index (χ3n) is 4.41. The molecule has 132 valence electrons. The molecule has 1 fully saturated rings. The molecule has 4 rings (SSSR count). The van der Waals surface area contributed by atoms with E-state index in [0.29, 0.717) is 35.8 Å². The normalized spacial score (nSPS) is 17.8. The fourth-order valence-electron chi connectivity index (χ4n) is 2.96. The Balaban J connectivity index is 1.32. The van der Waals surface area contributed by atoms with Gasteiger partial charge in [0.2, 0.25) is 11.8 Å². The number of rotatable bonds is 5. The summed E-state index contributed by atoms with van der Waals surface area (Å²) < 4.78 is 16.2. The Kier molecular flexibility index (Phi) is 4.33. The zero-order valence-corrected chi connectivity index (χ0v) is 14.3. The molecule has 1 atom stereocenters. The van der Waals surface area contributed by atoms with E-state index in [1.165, 1.54) is 0 Å². The van der Waals surface area contributed by atoms with Crippen molar-refractivity contribution in [2.75, 3.05) is 26.2 Å². The number of hydrogen-bond acceptors (Lipinski definition) is 9. The van der Waals surface area contributed by atoms with Gasteiger partial charge in [0.05, 0.1) is 18.8 Å². The summed E-state index contributed by atoms with van der Waals surface area (Å²) in [4.78, 5) is 8.96. The van der Waals surface area contributed by atoms with Crippen molar-refractivity contribution in [3.05, 3.63) is 36.0 Å². The Morgan fingerprint density at radius 3 is 2.72 bits per heavy atom. The van der Waals surface area contributed by atoms with Crippen LogP contribution in [0.1, 0.15) is 30.6 Å². The van der Waals surface area contributed by atoms with Crippen LogP contribution >= 0.6 is 0 Å². The summed E-state index contributed by atoms with van der Waals surface area (Å²) in [6.07, 6.45) is 1.59. The number of furan rings is 1. The maximum Gasteiger partial charge on any atom is 0.283 e. The van der Waals surface area contributed by atoms with Crippen LogP contribution in [0.15, 0.2) is 31.8 Å². The number of hydrogen-bond donors (Lipinski definition) is 0. The first kappa shape index (κ1) is 16.0. The van der Waals surface area contributed by atoms with Crippen molar-refractivity contribution in [3.8, 4) is 11.7 Å². The summed E-state index contributed by atoms with van der Waals surface area (Å²) >= 11 is 0. The summed E-state index contributed by atoms with van der Waals surface area (Å²) in [7, 11) is 0. The first-order valence-electron chi connectivity index (χ1n) is 8.32. The van der Waals surface area contributed by atoms with Crippen molar-refractivity contribution in [3.63, 3.8) is 0 Å². The van der Waals surface area contributed by atoms with Crippen molar-refractivity contribution < 1.29 is 13.4 Å². The highest BCUT2D eigenvalue weighted by atomic mass is 16.5. The van der Waals surface area contributed by atoms with Crippen molar-refractivity contribution in [1.82, 2.24) is 30.1 Å². The van der Waals surface area contributed by atoms with E-state index in [1.54, 1.807) is 18.4 Å². The Bertz CT molecular complexity index is 804. The van der Waals surface area contributed by atoms with E-state index in [4.69, 9.17) is 13.4 Å². The van der Waals surface area contributed by atoms with Gasteiger partial charge in [-0.05, 0) is 26.0 Å². The molecule has 1 saturated heterocycles. The second-order valence-corrected chi connectivity index (χ2v) is 6.15. The van der Waals surface area contributed by atoms with Gasteiger partial charge in [0.25, 0.3) is 5.89 Å². The lowest BCUT2D eigenvalue weighted by Gasteiger charge is -2.36. The molecular weight excluding hydrogens is 324 g/mol. The fourth-order valence-corrected chi connectivity index (χ4v) is 2.96. The molecule has 1 aliphatic rings. The average molecular weight is 344 g/mol. The summed E-state index contributed by atoms with van der Waals surface area (Å²) in [6.45, 7) is 8.22. The van der Waals surface area contributed by atoms with Crippen LogP contribution in [0.3, 0.4) is 0 Å². The van der Waals surface area contributed by atoms with E-state index in [0.717, 1.165) is 26.2 Å². The smallest absolute Gasteiger partial charge is 0.283 e. The third-order valence-corrected chi connectivity index (χ3v) is 4.41. The van der Waals surface area contributed by atoms with Crippen LogP contribution in [-0.2, 0) is 6.54 Å². The van der Waals surface area contributed by atoms with Gasteiger partial charge in [-0.1, -0.05) is 5.16 Å². The van der Waals surface area contributed by atoms with Crippen LogP contribution < -0.4 is 0 Å². The van der Waals surface area contributed by atoms with Gasteiger partial charge in [-0.25, -0.2) is 0 Å². The Morgan fingerprint density at radius 1 is 1.20 bits per heavy atom. The lowest BCUT2D eigenvalue weighted by atomic mass is 10.2. The molecule has 0 bridgehead atoms. The summed E-state index contributed by atoms with van der Waals surface area (Å²) in [5.74, 6) is 2.95. The van der Waals surface area contributed by atoms with E-state index in [9.17, 15) is 0 Å². The van der Waals surface area contributed by atoms with Crippen LogP contribution in [0.2, 0.25) is 0 Å². The Hall–Kier alpha value is -2.52. The quantitative estimate of drug-likeness (QED) is 0.687. The highest BCUT2D eigenvalue weighted by molar-refractivity contribution is 5.42. The van der Waals surface area contributed by atoms with Crippen molar-refractivity contribution in [1.29, 1.82) is 0 Å². The van der Waals surface area contributed by atoms with E-state index in [-0.39, 0.29) is 6.04 Å². The van der Waals surface area contributed by atoms with Crippen LogP contribution in [0, 0.1) is 6.92 Å². The lowest BCUT2D eigenvalue weighted by molar-refractivity contribution is 0.0799. The van der Waals surface area contributed by atoms with Crippen molar-refractivity contribution in [2.24, 2.45) is 0 Å². The van der Waals surface area contributed by atoms with Gasteiger partial charge in [-0.3, -0.25) is 9.80 Å². The minimum absolute atomic E-state index is 0.123. The molecular formula is C16H20N6O3. The van der Waals surface area contributed by atoms with Gasteiger partial charge in [0.15, 0.2) is 11.6 Å². The van der Waals surface area contributed by atoms with Crippen LogP contribution in [-0.4, -0.2) is 56.3 Å². The molecule has 3 aromatic rings. The minimum atomic E-state index is 0.123. The minimum Gasteiger partial charge on any atom is -0.459 e. The van der Waals surface area contributed by atoms with Gasteiger partial charge in [0, 0.05) is 26.2 Å². The van der Waals surface area contributed by atoms with Crippen LogP contribution in [0.5, 0.6) is 0 Å². The molecule has 0 aliphatic carbocycles. The van der Waals surface area contributed by atoms with E-state index in [2.05, 4.69) is 37.1 Å². The molecule has 3 aromatic heterocycles. The molecule has 0 N–H and O–H groups in total. The standard InChI is InChI=1S/C16H20N6O3/c1-11(15-17-12(2)20-25-15)22-7-5-21(6-8-22)10-14-18-19-16(24-14)13-4-3-9-23-13/h3-4,9,11H,5-8,10H2,1-2H3/t11-/m0/s1. The van der Waals surface area contributed by atoms with Crippen molar-refractivity contribution >= 4 is 0 Å². The largest absolute Gasteiger partial charge is 0.459 e. The molecule has 9 nitrogen and oxygen atoms in total. The second kappa shape index (κ2) is 6.77. The second-order valence-electron chi connectivity index (χ2n) is 6.15. The maximum absolute atomic E-state index is 5.67. The first-order chi connectivity index (χ1) is 12.2. The van der Waals surface area contributed by atoms with Crippen LogP contribution in [0.25, 0.3) is 11.7 Å². The highest BCUT2D eigenvalue weighted by Gasteiger charge is 2.26. The topological polar surface area (TPSA) is 97.5 Å². The zero-order valence-electron chi connectivity index (χ0n) is 14.3. The molecule has 0 aromatic carbocycles. The predicted octanol–water partition coefficient (Wildman–Crippen LogP) is 1.90. The van der Waals surface area contributed by atoms with Gasteiger partial charge >= 0.3 is 0 Å². The molecule has 0 spiro atoms. The number of aromatic nitrogens is 4. The zero-order chi connectivity index (χ0) is 17.2. The average Bonchev–Trinajstić information content (AvgIpc) is 3.36. The molecule has 0 saturated carbocycles. The summed E-state index contributed by atoms with van der Waals surface area (Å²) in [6, 6.07) is 3.72. The summed E-state index contributed by atoms with van der Waals surface area (Å²) in [5.41, 5.74) is 0. The summed E-state index contributed by atoms with van der Waals surface area (Å²) in [5, 5.41) is 12.0. The first-order valence-corrected chi connectivity index (χ1v) is 8.32. The maximum atomic E-state index is 5.67. The van der Waals surface area contributed by atoms with Gasteiger partial charge in [-0.2, -0.15) is 4.98 Å². The highest BCUT2D eigenvalue weighted by Crippen LogP contribution is 2.22. The predicted molar refractivity (Wildman–Crippen MR) is 86.3 cm³/mol. The van der Waals surface area contributed by atoms with Gasteiger partial charge in [-0.15, -0.1) is 10.2 Å². The fraction of sp³-hybridized carbons (Fsp3) is 0.500. The molecule has 4 heterocycles. The molecule has 9 heteroatoms. The SMILES string of the molecule is Cc1noc([C@H](C)N2CCN(Cc3nnc(-c4ccco4)o3)CC2)n1. The Labute approximate surface area is 144 Å². The molecule has 0 radical (unpaired) electrons. The molecule has 1 aliphatic heterocycles. The lowest BCUT2D eigenvalue weighted by Crippen LogP contribution is -2.46. The van der Waals surface area contributed by atoms with E-state index in [1.807, 2.05) is 6.92 Å². The molecule has 25 heavy (non-hydrogen) atoms. The van der Waals surface area contributed by atoms with Gasteiger partial charge in [0.1, 0.15) is 0 Å². The number of nitrogens with zero attached hydrogens (tertiary/aromatic N) is 6. The third kappa shape index (κ3) is 3.47. The van der Waals surface area contributed by atoms with Crippen LogP contribution in [0.4, 0.5) is 0 Å². The number of piperazine rings is 1. The number of aryl methyl sites for hydroxylation is 1. The Morgan fingerprint density at radius 2 is 2.04 bits per heavy atom.